The highest BCUT2D eigenvalue weighted by Gasteiger charge is 2.16. The highest BCUT2D eigenvalue weighted by molar-refractivity contribution is 6.17. The first kappa shape index (κ1) is 14.0. The van der Waals surface area contributed by atoms with Crippen LogP contribution in [0.4, 0.5) is 8.78 Å². The minimum Gasteiger partial charge on any atom is -0.293 e. The molecule has 0 unspecified atom stereocenters. The molecule has 0 bridgehead atoms. The number of halogens is 3. The zero-order valence-electron chi connectivity index (χ0n) is 11.4. The van der Waals surface area contributed by atoms with Gasteiger partial charge in [0.2, 0.25) is 0 Å². The lowest BCUT2D eigenvalue weighted by Crippen LogP contribution is -2.05. The SMILES string of the molecule is Cc1cccc2nc(CCCl)n(-c3ccc(F)cc3F)c12. The number of fused-ring (bicyclic) bond motifs is 1. The van der Waals surface area contributed by atoms with Crippen molar-refractivity contribution >= 4 is 22.6 Å². The molecule has 0 atom stereocenters. The molecule has 1 aromatic heterocycles. The van der Waals surface area contributed by atoms with Crippen LogP contribution in [0.25, 0.3) is 16.7 Å². The summed E-state index contributed by atoms with van der Waals surface area (Å²) in [5.41, 5.74) is 2.86. The zero-order chi connectivity index (χ0) is 15.0. The number of rotatable bonds is 3. The molecule has 0 N–H and O–H groups in total. The van der Waals surface area contributed by atoms with Crippen LogP contribution in [0.5, 0.6) is 0 Å². The molecule has 3 aromatic rings. The molecule has 0 aliphatic carbocycles. The number of aryl methyl sites for hydroxylation is 2. The van der Waals surface area contributed by atoms with Gasteiger partial charge in [-0.1, -0.05) is 12.1 Å². The smallest absolute Gasteiger partial charge is 0.150 e. The summed E-state index contributed by atoms with van der Waals surface area (Å²) < 4.78 is 29.0. The number of benzene rings is 2. The van der Waals surface area contributed by atoms with E-state index in [4.69, 9.17) is 11.6 Å². The molecule has 1 heterocycles. The largest absolute Gasteiger partial charge is 0.293 e. The Morgan fingerprint density at radius 1 is 1.19 bits per heavy atom. The summed E-state index contributed by atoms with van der Waals surface area (Å²) in [5.74, 6) is -0.171. The molecule has 108 valence electrons. The second-order valence-electron chi connectivity index (χ2n) is 4.84. The molecule has 0 aliphatic rings. The first-order valence-corrected chi connectivity index (χ1v) is 7.13. The lowest BCUT2D eigenvalue weighted by molar-refractivity contribution is 0.577. The number of hydrogen-bond donors (Lipinski definition) is 0. The van der Waals surface area contributed by atoms with Crippen LogP contribution in [-0.4, -0.2) is 15.4 Å². The summed E-state index contributed by atoms with van der Waals surface area (Å²) in [6.07, 6.45) is 0.506. The number of para-hydroxylation sites is 1. The minimum absolute atomic E-state index is 0.285. The van der Waals surface area contributed by atoms with Crippen molar-refractivity contribution in [3.8, 4) is 5.69 Å². The number of hydrogen-bond acceptors (Lipinski definition) is 1. The molecule has 2 aromatic carbocycles. The molecule has 21 heavy (non-hydrogen) atoms. The van der Waals surface area contributed by atoms with Gasteiger partial charge in [-0.2, -0.15) is 0 Å². The van der Waals surface area contributed by atoms with Gasteiger partial charge in [0.05, 0.1) is 16.7 Å². The summed E-state index contributed by atoms with van der Waals surface area (Å²) in [4.78, 5) is 4.52. The Labute approximate surface area is 126 Å². The molecule has 0 aliphatic heterocycles. The van der Waals surface area contributed by atoms with Crippen LogP contribution >= 0.6 is 11.6 Å². The number of aromatic nitrogens is 2. The molecule has 0 saturated carbocycles. The summed E-state index contributed by atoms with van der Waals surface area (Å²) >= 11 is 5.82. The van der Waals surface area contributed by atoms with Gasteiger partial charge >= 0.3 is 0 Å². The van der Waals surface area contributed by atoms with Crippen molar-refractivity contribution in [1.82, 2.24) is 9.55 Å². The maximum Gasteiger partial charge on any atom is 0.150 e. The maximum absolute atomic E-state index is 14.2. The van der Waals surface area contributed by atoms with E-state index in [9.17, 15) is 8.78 Å². The third-order valence-corrected chi connectivity index (χ3v) is 3.61. The van der Waals surface area contributed by atoms with Crippen LogP contribution in [0, 0.1) is 18.6 Å². The van der Waals surface area contributed by atoms with E-state index in [2.05, 4.69) is 4.98 Å². The van der Waals surface area contributed by atoms with Gasteiger partial charge < -0.3 is 0 Å². The molecule has 3 rings (SSSR count). The predicted molar refractivity (Wildman–Crippen MR) is 80.1 cm³/mol. The fourth-order valence-electron chi connectivity index (χ4n) is 2.52. The second-order valence-corrected chi connectivity index (χ2v) is 5.22. The molecule has 0 saturated heterocycles. The third kappa shape index (κ3) is 2.40. The molecule has 0 fully saturated rings. The first-order chi connectivity index (χ1) is 10.1. The van der Waals surface area contributed by atoms with Crippen molar-refractivity contribution in [2.45, 2.75) is 13.3 Å². The van der Waals surface area contributed by atoms with Gasteiger partial charge in [0.25, 0.3) is 0 Å². The van der Waals surface area contributed by atoms with Crippen molar-refractivity contribution in [1.29, 1.82) is 0 Å². The van der Waals surface area contributed by atoms with Crippen LogP contribution in [0.1, 0.15) is 11.4 Å². The quantitative estimate of drug-likeness (QED) is 0.656. The Hall–Kier alpha value is -1.94. The van der Waals surface area contributed by atoms with Crippen LogP contribution in [0.3, 0.4) is 0 Å². The predicted octanol–water partition coefficient (Wildman–Crippen LogP) is 4.39. The van der Waals surface area contributed by atoms with Gasteiger partial charge in [0.1, 0.15) is 17.5 Å². The molecular weight excluding hydrogens is 294 g/mol. The summed E-state index contributed by atoms with van der Waals surface area (Å²) in [6.45, 7) is 1.94. The molecule has 0 spiro atoms. The van der Waals surface area contributed by atoms with E-state index in [0.717, 1.165) is 22.7 Å². The summed E-state index contributed by atoms with van der Waals surface area (Å²) in [6, 6.07) is 9.26. The average Bonchev–Trinajstić information content (AvgIpc) is 2.79. The Bertz CT molecular complexity index is 811. The van der Waals surface area contributed by atoms with Gasteiger partial charge in [-0.05, 0) is 30.7 Å². The molecular formula is C16H13ClF2N2. The van der Waals surface area contributed by atoms with Crippen LogP contribution in [0.2, 0.25) is 0 Å². The Kier molecular flexibility index (Phi) is 3.64. The molecule has 2 nitrogen and oxygen atoms in total. The van der Waals surface area contributed by atoms with E-state index in [0.29, 0.717) is 18.1 Å². The van der Waals surface area contributed by atoms with Gasteiger partial charge in [-0.25, -0.2) is 13.8 Å². The van der Waals surface area contributed by atoms with E-state index in [-0.39, 0.29) is 5.69 Å². The normalized spacial score (nSPS) is 11.2. The highest BCUT2D eigenvalue weighted by Crippen LogP contribution is 2.26. The molecule has 5 heteroatoms. The van der Waals surface area contributed by atoms with Crippen molar-refractivity contribution in [3.05, 3.63) is 59.4 Å². The van der Waals surface area contributed by atoms with Crippen LogP contribution in [-0.2, 0) is 6.42 Å². The van der Waals surface area contributed by atoms with Crippen LogP contribution < -0.4 is 0 Å². The summed E-state index contributed by atoms with van der Waals surface area (Å²) in [5, 5.41) is 0. The average molecular weight is 307 g/mol. The minimum atomic E-state index is -0.617. The summed E-state index contributed by atoms with van der Waals surface area (Å²) in [7, 11) is 0. The fraction of sp³-hybridized carbons (Fsp3) is 0.188. The van der Waals surface area contributed by atoms with Crippen molar-refractivity contribution in [2.75, 3.05) is 5.88 Å². The maximum atomic E-state index is 14.2. The number of nitrogens with zero attached hydrogens (tertiary/aromatic N) is 2. The van der Waals surface area contributed by atoms with E-state index in [1.54, 1.807) is 4.57 Å². The molecule has 0 amide bonds. The fourth-order valence-corrected chi connectivity index (χ4v) is 2.69. The lowest BCUT2D eigenvalue weighted by atomic mass is 10.2. The van der Waals surface area contributed by atoms with Gasteiger partial charge in [-0.3, -0.25) is 4.57 Å². The van der Waals surface area contributed by atoms with E-state index in [1.165, 1.54) is 12.1 Å². The highest BCUT2D eigenvalue weighted by atomic mass is 35.5. The van der Waals surface area contributed by atoms with Crippen molar-refractivity contribution in [3.63, 3.8) is 0 Å². The first-order valence-electron chi connectivity index (χ1n) is 6.60. The van der Waals surface area contributed by atoms with Gasteiger partial charge in [0, 0.05) is 18.4 Å². The van der Waals surface area contributed by atoms with E-state index in [1.807, 2.05) is 25.1 Å². The van der Waals surface area contributed by atoms with Crippen molar-refractivity contribution < 1.29 is 8.78 Å². The number of alkyl halides is 1. The Morgan fingerprint density at radius 3 is 2.71 bits per heavy atom. The lowest BCUT2D eigenvalue weighted by Gasteiger charge is -2.11. The standard InChI is InChI=1S/C16H13ClF2N2/c1-10-3-2-4-13-16(10)21(15(20-13)7-8-17)14-6-5-11(18)9-12(14)19/h2-6,9H,7-8H2,1H3. The Morgan fingerprint density at radius 2 is 2.00 bits per heavy atom. The number of imidazole rings is 1. The topological polar surface area (TPSA) is 17.8 Å². The van der Waals surface area contributed by atoms with E-state index >= 15 is 0 Å². The third-order valence-electron chi connectivity index (χ3n) is 3.42. The molecule has 0 radical (unpaired) electrons. The monoisotopic (exact) mass is 306 g/mol. The van der Waals surface area contributed by atoms with E-state index < -0.39 is 11.6 Å². The Balaban J connectivity index is 2.35. The second kappa shape index (κ2) is 5.45. The zero-order valence-corrected chi connectivity index (χ0v) is 12.2. The van der Waals surface area contributed by atoms with Crippen molar-refractivity contribution in [2.24, 2.45) is 0 Å². The van der Waals surface area contributed by atoms with Crippen LogP contribution in [0.15, 0.2) is 36.4 Å². The van der Waals surface area contributed by atoms with Gasteiger partial charge in [0.15, 0.2) is 0 Å². The van der Waals surface area contributed by atoms with Gasteiger partial charge in [-0.15, -0.1) is 11.6 Å².